The molecule has 3 N–H and O–H groups in total. The molecule has 1 aliphatic heterocycles. The monoisotopic (exact) mass is 326 g/mol. The van der Waals surface area contributed by atoms with Crippen LogP contribution < -0.4 is 15.8 Å². The molecule has 0 radical (unpaired) electrons. The number of carbonyl (C=O) groups excluding carboxylic acids is 1. The second kappa shape index (κ2) is 5.78. The first-order valence-electron chi connectivity index (χ1n) is 7.95. The van der Waals surface area contributed by atoms with E-state index in [1.54, 1.807) is 6.92 Å². The van der Waals surface area contributed by atoms with E-state index < -0.39 is 0 Å². The second-order valence-corrected chi connectivity index (χ2v) is 6.86. The highest BCUT2D eigenvalue weighted by molar-refractivity contribution is 5.95. The van der Waals surface area contributed by atoms with Gasteiger partial charge in [0, 0.05) is 18.2 Å². The van der Waals surface area contributed by atoms with Gasteiger partial charge in [-0.2, -0.15) is 0 Å². The smallest absolute Gasteiger partial charge is 0.255 e. The highest BCUT2D eigenvalue weighted by Crippen LogP contribution is 2.40. The van der Waals surface area contributed by atoms with Gasteiger partial charge < -0.3 is 15.8 Å². The quantitative estimate of drug-likeness (QED) is 0.885. The summed E-state index contributed by atoms with van der Waals surface area (Å²) in [5.41, 5.74) is 8.31. The van der Waals surface area contributed by atoms with Crippen LogP contribution in [0.5, 0.6) is 5.75 Å². The van der Waals surface area contributed by atoms with Crippen molar-refractivity contribution in [1.29, 1.82) is 0 Å². The van der Waals surface area contributed by atoms with E-state index in [1.165, 1.54) is 6.20 Å². The number of aromatic nitrogens is 2. The molecule has 3 rings (SSSR count). The largest absolute Gasteiger partial charge is 0.487 e. The number of ether oxygens (including phenoxy) is 1. The van der Waals surface area contributed by atoms with E-state index in [2.05, 4.69) is 15.3 Å². The molecule has 1 atom stereocenters. The van der Waals surface area contributed by atoms with Gasteiger partial charge in [-0.05, 0) is 39.3 Å². The zero-order valence-corrected chi connectivity index (χ0v) is 14.4. The number of nitrogens with zero attached hydrogens (tertiary/aromatic N) is 2. The Hall–Kier alpha value is -2.63. The Bertz CT molecular complexity index is 802. The lowest BCUT2D eigenvalue weighted by Crippen LogP contribution is -2.41. The molecule has 1 aromatic heterocycles. The molecule has 0 saturated heterocycles. The van der Waals surface area contributed by atoms with Crippen LogP contribution in [-0.2, 0) is 0 Å². The number of nitrogen functional groups attached to an aromatic ring is 1. The van der Waals surface area contributed by atoms with Crippen LogP contribution in [-0.4, -0.2) is 21.5 Å². The molecule has 2 heterocycles. The minimum absolute atomic E-state index is 0.131. The van der Waals surface area contributed by atoms with E-state index in [4.69, 9.17) is 10.5 Å². The SMILES string of the molecule is Cc1ccc2c(c1)OC(C)(C)C[C@H]2NC(=O)c1cnc(N)nc1C. The number of hydrogen-bond donors (Lipinski definition) is 2. The third-order valence-corrected chi connectivity index (χ3v) is 4.17. The molecule has 1 aromatic carbocycles. The number of fused-ring (bicyclic) bond motifs is 1. The van der Waals surface area contributed by atoms with Crippen molar-refractivity contribution in [3.8, 4) is 5.75 Å². The van der Waals surface area contributed by atoms with Crippen molar-refractivity contribution in [2.24, 2.45) is 0 Å². The van der Waals surface area contributed by atoms with E-state index in [0.717, 1.165) is 16.9 Å². The third-order valence-electron chi connectivity index (χ3n) is 4.17. The van der Waals surface area contributed by atoms with Gasteiger partial charge in [-0.3, -0.25) is 4.79 Å². The molecular weight excluding hydrogens is 304 g/mol. The predicted molar refractivity (Wildman–Crippen MR) is 91.9 cm³/mol. The van der Waals surface area contributed by atoms with Crippen LogP contribution in [0.15, 0.2) is 24.4 Å². The van der Waals surface area contributed by atoms with Crippen LogP contribution in [0, 0.1) is 13.8 Å². The lowest BCUT2D eigenvalue weighted by atomic mass is 9.89. The van der Waals surface area contributed by atoms with Crippen molar-refractivity contribution >= 4 is 11.9 Å². The Labute approximate surface area is 141 Å². The maximum Gasteiger partial charge on any atom is 0.255 e. The lowest BCUT2D eigenvalue weighted by molar-refractivity contribution is 0.0619. The topological polar surface area (TPSA) is 90.1 Å². The number of benzene rings is 1. The number of aryl methyl sites for hydroxylation is 2. The van der Waals surface area contributed by atoms with Gasteiger partial charge in [0.25, 0.3) is 5.91 Å². The van der Waals surface area contributed by atoms with Crippen molar-refractivity contribution in [2.45, 2.75) is 45.8 Å². The van der Waals surface area contributed by atoms with Gasteiger partial charge in [0.2, 0.25) is 5.95 Å². The van der Waals surface area contributed by atoms with E-state index in [9.17, 15) is 4.79 Å². The average molecular weight is 326 g/mol. The highest BCUT2D eigenvalue weighted by Gasteiger charge is 2.34. The Kier molecular flexibility index (Phi) is 3.91. The first kappa shape index (κ1) is 16.2. The second-order valence-electron chi connectivity index (χ2n) is 6.86. The number of hydrogen-bond acceptors (Lipinski definition) is 5. The van der Waals surface area contributed by atoms with Crippen LogP contribution in [0.4, 0.5) is 5.95 Å². The number of nitrogens with one attached hydrogen (secondary N) is 1. The molecule has 0 aliphatic carbocycles. The number of anilines is 1. The normalized spacial score (nSPS) is 18.4. The maximum absolute atomic E-state index is 12.7. The van der Waals surface area contributed by atoms with Crippen LogP contribution in [0.25, 0.3) is 0 Å². The summed E-state index contributed by atoms with van der Waals surface area (Å²) in [7, 11) is 0. The first-order valence-corrected chi connectivity index (χ1v) is 7.95. The van der Waals surface area contributed by atoms with Crippen molar-refractivity contribution in [3.05, 3.63) is 46.8 Å². The van der Waals surface area contributed by atoms with Gasteiger partial charge in [0.05, 0.1) is 17.3 Å². The van der Waals surface area contributed by atoms with Gasteiger partial charge in [0.1, 0.15) is 11.4 Å². The third kappa shape index (κ3) is 3.18. The van der Waals surface area contributed by atoms with E-state index in [0.29, 0.717) is 17.7 Å². The summed E-state index contributed by atoms with van der Waals surface area (Å²) in [5, 5.41) is 3.09. The number of nitrogens with two attached hydrogens (primary N) is 1. The maximum atomic E-state index is 12.7. The zero-order valence-electron chi connectivity index (χ0n) is 14.4. The number of rotatable bonds is 2. The van der Waals surface area contributed by atoms with Crippen LogP contribution >= 0.6 is 0 Å². The Morgan fingerprint density at radius 3 is 2.83 bits per heavy atom. The molecule has 1 amide bonds. The van der Waals surface area contributed by atoms with E-state index >= 15 is 0 Å². The fourth-order valence-corrected chi connectivity index (χ4v) is 3.03. The van der Waals surface area contributed by atoms with Gasteiger partial charge >= 0.3 is 0 Å². The van der Waals surface area contributed by atoms with Crippen LogP contribution in [0.3, 0.4) is 0 Å². The summed E-state index contributed by atoms with van der Waals surface area (Å²) >= 11 is 0. The van der Waals surface area contributed by atoms with Crippen molar-refractivity contribution < 1.29 is 9.53 Å². The molecule has 2 aromatic rings. The summed E-state index contributed by atoms with van der Waals surface area (Å²) in [5.74, 6) is 0.778. The van der Waals surface area contributed by atoms with Gasteiger partial charge in [-0.25, -0.2) is 9.97 Å². The molecule has 0 spiro atoms. The van der Waals surface area contributed by atoms with Crippen molar-refractivity contribution in [3.63, 3.8) is 0 Å². The Morgan fingerprint density at radius 1 is 1.38 bits per heavy atom. The fraction of sp³-hybridized carbons (Fsp3) is 0.389. The first-order chi connectivity index (χ1) is 11.2. The summed E-state index contributed by atoms with van der Waals surface area (Å²) in [4.78, 5) is 20.6. The molecule has 24 heavy (non-hydrogen) atoms. The van der Waals surface area contributed by atoms with Crippen LogP contribution in [0.2, 0.25) is 0 Å². The van der Waals surface area contributed by atoms with Gasteiger partial charge in [-0.1, -0.05) is 12.1 Å². The van der Waals surface area contributed by atoms with Crippen molar-refractivity contribution in [2.75, 3.05) is 5.73 Å². The predicted octanol–water partition coefficient (Wildman–Crippen LogP) is 2.71. The highest BCUT2D eigenvalue weighted by atomic mass is 16.5. The molecule has 6 nitrogen and oxygen atoms in total. The summed E-state index contributed by atoms with van der Waals surface area (Å²) in [6, 6.07) is 5.91. The lowest BCUT2D eigenvalue weighted by Gasteiger charge is -2.38. The Balaban J connectivity index is 1.90. The molecule has 6 heteroatoms. The molecule has 0 saturated carbocycles. The van der Waals surface area contributed by atoms with Gasteiger partial charge in [-0.15, -0.1) is 0 Å². The van der Waals surface area contributed by atoms with Crippen LogP contribution in [0.1, 0.15) is 53.5 Å². The summed E-state index contributed by atoms with van der Waals surface area (Å²) < 4.78 is 6.06. The average Bonchev–Trinajstić information content (AvgIpc) is 2.45. The van der Waals surface area contributed by atoms with E-state index in [1.807, 2.05) is 39.0 Å². The Morgan fingerprint density at radius 2 is 2.12 bits per heavy atom. The molecule has 0 fully saturated rings. The molecular formula is C18H22N4O2. The number of amides is 1. The minimum atomic E-state index is -0.356. The van der Waals surface area contributed by atoms with E-state index in [-0.39, 0.29) is 23.5 Å². The molecule has 126 valence electrons. The molecule has 0 bridgehead atoms. The number of carbonyl (C=O) groups is 1. The van der Waals surface area contributed by atoms with Crippen molar-refractivity contribution in [1.82, 2.24) is 15.3 Å². The molecule has 0 unspecified atom stereocenters. The summed E-state index contributed by atoms with van der Waals surface area (Å²) in [6.45, 7) is 7.82. The zero-order chi connectivity index (χ0) is 17.5. The fourth-order valence-electron chi connectivity index (χ4n) is 3.03. The molecule has 1 aliphatic rings. The summed E-state index contributed by atoms with van der Waals surface area (Å²) in [6.07, 6.45) is 2.15. The standard InChI is InChI=1S/C18H22N4O2/c1-10-5-6-12-14(8-18(3,4)24-15(12)7-10)22-16(23)13-9-20-17(19)21-11(13)2/h5-7,9,14H,8H2,1-4H3,(H,22,23)(H2,19,20,21)/t14-/m1/s1. The minimum Gasteiger partial charge on any atom is -0.487 e. The van der Waals surface area contributed by atoms with Gasteiger partial charge in [0.15, 0.2) is 0 Å².